The zero-order chi connectivity index (χ0) is 22.0. The molecular weight excluding hydrogens is 414 g/mol. The van der Waals surface area contributed by atoms with Crippen LogP contribution in [0.3, 0.4) is 0 Å². The number of carbonyl (C=O) groups is 2. The molecule has 2 aliphatic heterocycles. The molecular formula is C23H33N3O4S. The van der Waals surface area contributed by atoms with E-state index in [1.54, 1.807) is 24.3 Å². The Bertz CT molecular complexity index is 901. The van der Waals surface area contributed by atoms with Crippen molar-refractivity contribution in [3.8, 4) is 0 Å². The molecule has 31 heavy (non-hydrogen) atoms. The van der Waals surface area contributed by atoms with Gasteiger partial charge in [0.1, 0.15) is 5.78 Å². The second-order valence-electron chi connectivity index (χ2n) is 9.26. The van der Waals surface area contributed by atoms with Crippen LogP contribution < -0.4 is 16.0 Å². The summed E-state index contributed by atoms with van der Waals surface area (Å²) in [6.45, 7) is 3.81. The number of carbonyl (C=O) groups excluding carboxylic acids is 2. The maximum absolute atomic E-state index is 13.1. The summed E-state index contributed by atoms with van der Waals surface area (Å²) in [7, 11) is -3.55. The van der Waals surface area contributed by atoms with Crippen LogP contribution in [0.15, 0.2) is 29.2 Å². The Morgan fingerprint density at radius 2 is 1.84 bits per heavy atom. The number of benzene rings is 1. The maximum atomic E-state index is 13.1. The molecule has 0 spiro atoms. The summed E-state index contributed by atoms with van der Waals surface area (Å²) in [6, 6.07) is 6.98. The fraction of sp³-hybridized carbons (Fsp3) is 0.652. The van der Waals surface area contributed by atoms with Gasteiger partial charge in [0, 0.05) is 18.5 Å². The van der Waals surface area contributed by atoms with Gasteiger partial charge in [-0.2, -0.15) is 0 Å². The number of hydrogen-bond acceptors (Lipinski definition) is 6. The highest BCUT2D eigenvalue weighted by molar-refractivity contribution is 7.92. The monoisotopic (exact) mass is 447 g/mol. The zero-order valence-electron chi connectivity index (χ0n) is 18.1. The van der Waals surface area contributed by atoms with Crippen molar-refractivity contribution in [2.75, 3.05) is 13.1 Å². The largest absolute Gasteiger partial charge is 0.351 e. The van der Waals surface area contributed by atoms with E-state index in [1.165, 1.54) is 6.92 Å². The minimum Gasteiger partial charge on any atom is -0.351 e. The van der Waals surface area contributed by atoms with Crippen molar-refractivity contribution in [1.29, 1.82) is 0 Å². The Hall–Kier alpha value is -1.77. The van der Waals surface area contributed by atoms with Crippen molar-refractivity contribution < 1.29 is 18.0 Å². The van der Waals surface area contributed by atoms with E-state index in [9.17, 15) is 18.0 Å². The molecule has 2 heterocycles. The van der Waals surface area contributed by atoms with Crippen LogP contribution in [-0.2, 0) is 26.0 Å². The lowest BCUT2D eigenvalue weighted by Gasteiger charge is -2.29. The molecule has 3 aliphatic rings. The summed E-state index contributed by atoms with van der Waals surface area (Å²) in [5.41, 5.74) is 0.858. The third-order valence-corrected chi connectivity index (χ3v) is 9.51. The first-order valence-corrected chi connectivity index (χ1v) is 13.0. The number of piperidine rings is 1. The van der Waals surface area contributed by atoms with Crippen LogP contribution in [0.4, 0.5) is 0 Å². The second-order valence-corrected chi connectivity index (χ2v) is 11.4. The Kier molecular flexibility index (Phi) is 6.79. The van der Waals surface area contributed by atoms with Gasteiger partial charge in [0.25, 0.3) is 0 Å². The van der Waals surface area contributed by atoms with E-state index in [-0.39, 0.29) is 22.6 Å². The molecule has 3 N–H and O–H groups in total. The average Bonchev–Trinajstić information content (AvgIpc) is 3.22. The normalized spacial score (nSPS) is 31.1. The fourth-order valence-corrected chi connectivity index (χ4v) is 7.52. The Labute approximate surface area is 184 Å². The molecule has 1 amide bonds. The number of Topliss-reactive ketones (excluding diaryl/α,β-unsaturated/α-hetero) is 1. The lowest BCUT2D eigenvalue weighted by molar-refractivity contribution is -0.123. The third-order valence-electron chi connectivity index (χ3n) is 7.22. The van der Waals surface area contributed by atoms with Gasteiger partial charge in [0.05, 0.1) is 16.2 Å². The highest BCUT2D eigenvalue weighted by atomic mass is 32.2. The van der Waals surface area contributed by atoms with Crippen molar-refractivity contribution in [3.63, 3.8) is 0 Å². The van der Waals surface area contributed by atoms with Crippen molar-refractivity contribution in [1.82, 2.24) is 16.0 Å². The van der Waals surface area contributed by atoms with E-state index >= 15 is 0 Å². The van der Waals surface area contributed by atoms with Gasteiger partial charge in [0.2, 0.25) is 5.91 Å². The number of amides is 1. The Morgan fingerprint density at radius 3 is 2.55 bits per heavy atom. The number of hydrogen-bond donors (Lipinski definition) is 3. The van der Waals surface area contributed by atoms with Gasteiger partial charge in [-0.05, 0) is 69.3 Å². The minimum atomic E-state index is -3.55. The molecule has 0 aromatic heterocycles. The van der Waals surface area contributed by atoms with Gasteiger partial charge in [-0.1, -0.05) is 25.0 Å². The summed E-state index contributed by atoms with van der Waals surface area (Å²) in [5.74, 6) is 0.0597. The van der Waals surface area contributed by atoms with E-state index < -0.39 is 21.0 Å². The summed E-state index contributed by atoms with van der Waals surface area (Å²) in [6.07, 6.45) is 4.83. The molecule has 1 aromatic rings. The smallest absolute Gasteiger partial charge is 0.237 e. The third kappa shape index (κ3) is 4.86. The molecule has 5 unspecified atom stereocenters. The van der Waals surface area contributed by atoms with Crippen LogP contribution in [0.1, 0.15) is 51.0 Å². The van der Waals surface area contributed by atoms with E-state index in [1.807, 2.05) is 0 Å². The molecule has 8 heteroatoms. The van der Waals surface area contributed by atoms with E-state index in [2.05, 4.69) is 16.0 Å². The molecule has 2 saturated heterocycles. The molecule has 170 valence electrons. The second kappa shape index (κ2) is 9.38. The zero-order valence-corrected chi connectivity index (χ0v) is 18.9. The topological polar surface area (TPSA) is 104 Å². The van der Waals surface area contributed by atoms with E-state index in [0.29, 0.717) is 31.3 Å². The maximum Gasteiger partial charge on any atom is 0.237 e. The predicted molar refractivity (Wildman–Crippen MR) is 118 cm³/mol. The molecule has 3 fully saturated rings. The van der Waals surface area contributed by atoms with Gasteiger partial charge >= 0.3 is 0 Å². The SMILES string of the molecule is CC(=O)C1CCCCC1S(=O)(=O)c1ccc(CNC(=O)C2CC3CNCCC3N2)cc1. The molecule has 1 aliphatic carbocycles. The summed E-state index contributed by atoms with van der Waals surface area (Å²) < 4.78 is 26.3. The van der Waals surface area contributed by atoms with Crippen molar-refractivity contribution >= 4 is 21.5 Å². The highest BCUT2D eigenvalue weighted by Gasteiger charge is 2.39. The van der Waals surface area contributed by atoms with Crippen molar-refractivity contribution in [2.24, 2.45) is 11.8 Å². The van der Waals surface area contributed by atoms with Crippen LogP contribution in [0.25, 0.3) is 0 Å². The van der Waals surface area contributed by atoms with Crippen LogP contribution in [0.2, 0.25) is 0 Å². The van der Waals surface area contributed by atoms with Crippen molar-refractivity contribution in [3.05, 3.63) is 29.8 Å². The standard InChI is InChI=1S/C23H33N3O4S/c1-15(27)19-4-2-3-5-22(19)31(29,30)18-8-6-16(7-9-18)13-25-23(28)21-12-17-14-24-11-10-20(17)26-21/h6-9,17,19-22,24,26H,2-5,10-14H2,1H3,(H,25,28). The van der Waals surface area contributed by atoms with Crippen molar-refractivity contribution in [2.45, 2.75) is 74.2 Å². The van der Waals surface area contributed by atoms with E-state index in [4.69, 9.17) is 0 Å². The first kappa shape index (κ1) is 22.4. The first-order chi connectivity index (χ1) is 14.9. The number of fused-ring (bicyclic) bond motifs is 1. The quantitative estimate of drug-likeness (QED) is 0.611. The summed E-state index contributed by atoms with van der Waals surface area (Å²) in [4.78, 5) is 24.8. The minimum absolute atomic E-state index is 0.00222. The van der Waals surface area contributed by atoms with Crippen LogP contribution in [0, 0.1) is 11.8 Å². The van der Waals surface area contributed by atoms with Crippen LogP contribution >= 0.6 is 0 Å². The van der Waals surface area contributed by atoms with Gasteiger partial charge < -0.3 is 16.0 Å². The molecule has 0 radical (unpaired) electrons. The van der Waals surface area contributed by atoms with E-state index in [0.717, 1.165) is 44.3 Å². The number of ketones is 1. The summed E-state index contributed by atoms with van der Waals surface area (Å²) >= 11 is 0. The van der Waals surface area contributed by atoms with Gasteiger partial charge in [-0.3, -0.25) is 9.59 Å². The molecule has 1 saturated carbocycles. The Balaban J connectivity index is 1.36. The van der Waals surface area contributed by atoms with Gasteiger partial charge in [-0.15, -0.1) is 0 Å². The van der Waals surface area contributed by atoms with Crippen LogP contribution in [0.5, 0.6) is 0 Å². The van der Waals surface area contributed by atoms with Gasteiger partial charge in [0.15, 0.2) is 9.84 Å². The summed E-state index contributed by atoms with van der Waals surface area (Å²) in [5, 5.41) is 9.18. The predicted octanol–water partition coefficient (Wildman–Crippen LogP) is 1.56. The molecule has 7 nitrogen and oxygen atoms in total. The average molecular weight is 448 g/mol. The fourth-order valence-electron chi connectivity index (χ4n) is 5.42. The molecule has 5 atom stereocenters. The Morgan fingerprint density at radius 1 is 1.10 bits per heavy atom. The number of rotatable bonds is 6. The molecule has 4 rings (SSSR count). The lowest BCUT2D eigenvalue weighted by atomic mass is 9.86. The number of sulfone groups is 1. The first-order valence-electron chi connectivity index (χ1n) is 11.4. The van der Waals surface area contributed by atoms with Gasteiger partial charge in [-0.25, -0.2) is 8.42 Å². The lowest BCUT2D eigenvalue weighted by Crippen LogP contribution is -2.45. The molecule has 0 bridgehead atoms. The molecule has 1 aromatic carbocycles. The van der Waals surface area contributed by atoms with Crippen LogP contribution in [-0.4, -0.2) is 50.5 Å². The highest BCUT2D eigenvalue weighted by Crippen LogP contribution is 2.34. The number of nitrogens with one attached hydrogen (secondary N) is 3.